The molecule has 0 aliphatic heterocycles. The Balaban J connectivity index is 1.91. The Morgan fingerprint density at radius 2 is 1.43 bits per heavy atom. The first-order chi connectivity index (χ1) is 10.8. The third-order valence-electron chi connectivity index (χ3n) is 7.29. The Bertz CT molecular complexity index is 594. The summed E-state index contributed by atoms with van der Waals surface area (Å²) in [5, 5.41) is 21.5. The van der Waals surface area contributed by atoms with Gasteiger partial charge in [0, 0.05) is 16.5 Å². The number of benzene rings is 1. The second kappa shape index (κ2) is 4.91. The number of rotatable bonds is 3. The minimum Gasteiger partial charge on any atom is -0.508 e. The van der Waals surface area contributed by atoms with E-state index in [-0.39, 0.29) is 10.8 Å². The van der Waals surface area contributed by atoms with Crippen molar-refractivity contribution in [2.24, 2.45) is 17.8 Å². The molecule has 1 aromatic rings. The van der Waals surface area contributed by atoms with Crippen LogP contribution in [0.3, 0.4) is 0 Å². The molecule has 0 spiro atoms. The van der Waals surface area contributed by atoms with Crippen LogP contribution in [0.25, 0.3) is 0 Å². The van der Waals surface area contributed by atoms with E-state index in [0.29, 0.717) is 11.5 Å². The molecule has 126 valence electrons. The predicted octanol–water partition coefficient (Wildman–Crippen LogP) is 5.25. The zero-order valence-corrected chi connectivity index (χ0v) is 14.7. The van der Waals surface area contributed by atoms with Crippen molar-refractivity contribution < 1.29 is 10.2 Å². The van der Waals surface area contributed by atoms with Crippen LogP contribution in [0.2, 0.25) is 0 Å². The summed E-state index contributed by atoms with van der Waals surface area (Å²) in [5.74, 6) is 3.29. The zero-order chi connectivity index (χ0) is 16.4. The van der Waals surface area contributed by atoms with Gasteiger partial charge >= 0.3 is 0 Å². The Morgan fingerprint density at radius 3 is 1.91 bits per heavy atom. The largest absolute Gasteiger partial charge is 0.508 e. The second-order valence-electron chi connectivity index (χ2n) is 9.29. The number of hydrogen-bond donors (Lipinski definition) is 2. The maximum Gasteiger partial charge on any atom is 0.119 e. The van der Waals surface area contributed by atoms with E-state index in [2.05, 4.69) is 20.8 Å². The van der Waals surface area contributed by atoms with E-state index < -0.39 is 0 Å². The molecular formula is C21H30O2. The van der Waals surface area contributed by atoms with E-state index in [1.165, 1.54) is 38.5 Å². The van der Waals surface area contributed by atoms with Gasteiger partial charge in [0.25, 0.3) is 0 Å². The molecule has 0 atom stereocenters. The van der Waals surface area contributed by atoms with Crippen molar-refractivity contribution in [3.05, 3.63) is 23.3 Å². The molecule has 1 aromatic carbocycles. The van der Waals surface area contributed by atoms with Crippen molar-refractivity contribution in [3.63, 3.8) is 0 Å². The summed E-state index contributed by atoms with van der Waals surface area (Å²) in [6, 6.07) is 3.41. The molecular weight excluding hydrogens is 284 g/mol. The van der Waals surface area contributed by atoms with Crippen LogP contribution < -0.4 is 0 Å². The fourth-order valence-corrected chi connectivity index (χ4v) is 6.40. The summed E-state index contributed by atoms with van der Waals surface area (Å²) in [4.78, 5) is 0. The lowest BCUT2D eigenvalue weighted by molar-refractivity contribution is -0.00710. The molecule has 0 amide bonds. The molecule has 0 heterocycles. The maximum atomic E-state index is 10.8. The summed E-state index contributed by atoms with van der Waals surface area (Å²) in [7, 11) is 0. The fourth-order valence-electron chi connectivity index (χ4n) is 6.40. The van der Waals surface area contributed by atoms with Gasteiger partial charge in [-0.15, -0.1) is 0 Å². The molecule has 4 bridgehead atoms. The molecule has 5 rings (SSSR count). The Labute approximate surface area is 139 Å². The van der Waals surface area contributed by atoms with Crippen LogP contribution in [-0.4, -0.2) is 10.2 Å². The third-order valence-corrected chi connectivity index (χ3v) is 7.29. The first kappa shape index (κ1) is 15.4. The van der Waals surface area contributed by atoms with Gasteiger partial charge in [0.05, 0.1) is 0 Å². The van der Waals surface area contributed by atoms with Gasteiger partial charge in [0.2, 0.25) is 0 Å². The highest BCUT2D eigenvalue weighted by molar-refractivity contribution is 5.55. The molecule has 2 nitrogen and oxygen atoms in total. The SMILES string of the molecule is CCC(C)(C)c1c(O)ccc(O)c1C12CC3CC(CC(C3)C1)C2. The molecule has 4 aliphatic carbocycles. The van der Waals surface area contributed by atoms with E-state index in [4.69, 9.17) is 0 Å². The lowest BCUT2D eigenvalue weighted by Gasteiger charge is -2.58. The van der Waals surface area contributed by atoms with Gasteiger partial charge in [0.15, 0.2) is 0 Å². The van der Waals surface area contributed by atoms with E-state index in [0.717, 1.165) is 35.3 Å². The molecule has 4 saturated carbocycles. The van der Waals surface area contributed by atoms with Crippen LogP contribution in [0.1, 0.15) is 76.8 Å². The fraction of sp³-hybridized carbons (Fsp3) is 0.714. The minimum absolute atomic E-state index is 0.110. The van der Waals surface area contributed by atoms with Crippen molar-refractivity contribution >= 4 is 0 Å². The number of phenols is 2. The van der Waals surface area contributed by atoms with Gasteiger partial charge < -0.3 is 10.2 Å². The number of phenolic OH excluding ortho intramolecular Hbond substituents is 2. The lowest BCUT2D eigenvalue weighted by Crippen LogP contribution is -2.49. The van der Waals surface area contributed by atoms with Crippen LogP contribution >= 0.6 is 0 Å². The predicted molar refractivity (Wildman–Crippen MR) is 92.9 cm³/mol. The molecule has 4 fully saturated rings. The monoisotopic (exact) mass is 314 g/mol. The third kappa shape index (κ3) is 2.21. The topological polar surface area (TPSA) is 40.5 Å². The quantitative estimate of drug-likeness (QED) is 0.748. The zero-order valence-electron chi connectivity index (χ0n) is 14.7. The Kier molecular flexibility index (Phi) is 3.28. The first-order valence-electron chi connectivity index (χ1n) is 9.40. The van der Waals surface area contributed by atoms with Gasteiger partial charge in [-0.25, -0.2) is 0 Å². The van der Waals surface area contributed by atoms with Crippen molar-refractivity contribution in [1.29, 1.82) is 0 Å². The van der Waals surface area contributed by atoms with Gasteiger partial charge in [-0.3, -0.25) is 0 Å². The molecule has 0 aromatic heterocycles. The normalized spacial score (nSPS) is 35.7. The molecule has 23 heavy (non-hydrogen) atoms. The smallest absolute Gasteiger partial charge is 0.119 e. The molecule has 0 saturated heterocycles. The number of hydrogen-bond acceptors (Lipinski definition) is 2. The first-order valence-corrected chi connectivity index (χ1v) is 9.40. The van der Waals surface area contributed by atoms with Gasteiger partial charge in [-0.2, -0.15) is 0 Å². The van der Waals surface area contributed by atoms with Gasteiger partial charge in [-0.1, -0.05) is 20.8 Å². The average molecular weight is 314 g/mol. The summed E-state index contributed by atoms with van der Waals surface area (Å²) in [6.45, 7) is 6.57. The van der Waals surface area contributed by atoms with E-state index in [9.17, 15) is 10.2 Å². The lowest BCUT2D eigenvalue weighted by atomic mass is 9.47. The summed E-state index contributed by atoms with van der Waals surface area (Å²) in [5.41, 5.74) is 2.12. The van der Waals surface area contributed by atoms with Crippen LogP contribution in [-0.2, 0) is 10.8 Å². The van der Waals surface area contributed by atoms with Crippen LogP contribution in [0.4, 0.5) is 0 Å². The van der Waals surface area contributed by atoms with E-state index in [1.54, 1.807) is 12.1 Å². The van der Waals surface area contributed by atoms with Crippen molar-refractivity contribution in [2.75, 3.05) is 0 Å². The van der Waals surface area contributed by atoms with Crippen LogP contribution in [0, 0.1) is 17.8 Å². The highest BCUT2D eigenvalue weighted by Gasteiger charge is 2.54. The standard InChI is InChI=1S/C21H30O2/c1-4-20(2,3)18-16(22)5-6-17(23)19(18)21-10-13-7-14(11-21)9-15(8-13)12-21/h5-6,13-15,22-23H,4,7-12H2,1-3H3. The number of aromatic hydroxyl groups is 2. The Hall–Kier alpha value is -1.18. The maximum absolute atomic E-state index is 10.8. The molecule has 2 heteroatoms. The van der Waals surface area contributed by atoms with Crippen LogP contribution in [0.5, 0.6) is 11.5 Å². The second-order valence-corrected chi connectivity index (χ2v) is 9.29. The van der Waals surface area contributed by atoms with Crippen molar-refractivity contribution in [1.82, 2.24) is 0 Å². The minimum atomic E-state index is -0.110. The van der Waals surface area contributed by atoms with Gasteiger partial charge in [0.1, 0.15) is 11.5 Å². The molecule has 2 N–H and O–H groups in total. The summed E-state index contributed by atoms with van der Waals surface area (Å²) >= 11 is 0. The van der Waals surface area contributed by atoms with Crippen molar-refractivity contribution in [3.8, 4) is 11.5 Å². The Morgan fingerprint density at radius 1 is 0.957 bits per heavy atom. The van der Waals surface area contributed by atoms with Crippen LogP contribution in [0.15, 0.2) is 12.1 Å². The summed E-state index contributed by atoms with van der Waals surface area (Å²) < 4.78 is 0. The van der Waals surface area contributed by atoms with Crippen molar-refractivity contribution in [2.45, 2.75) is 76.5 Å². The highest BCUT2D eigenvalue weighted by Crippen LogP contribution is 2.63. The molecule has 0 unspecified atom stereocenters. The van der Waals surface area contributed by atoms with E-state index in [1.807, 2.05) is 0 Å². The van der Waals surface area contributed by atoms with Gasteiger partial charge in [-0.05, 0) is 80.2 Å². The average Bonchev–Trinajstić information content (AvgIpc) is 2.47. The summed E-state index contributed by atoms with van der Waals surface area (Å²) in [6.07, 6.45) is 8.78. The molecule has 4 aliphatic rings. The molecule has 0 radical (unpaired) electrons. The van der Waals surface area contributed by atoms with E-state index >= 15 is 0 Å². The highest BCUT2D eigenvalue weighted by atomic mass is 16.3.